The maximum absolute atomic E-state index is 2.73. The summed E-state index contributed by atoms with van der Waals surface area (Å²) in [4.78, 5) is 0. The van der Waals surface area contributed by atoms with Crippen LogP contribution >= 0.6 is 0 Å². The Hall–Kier alpha value is 0.354. The molecule has 0 aliphatic rings. The molecule has 4 heteroatoms. The van der Waals surface area contributed by atoms with Crippen LogP contribution in [0.4, 0.5) is 0 Å². The zero-order valence-corrected chi connectivity index (χ0v) is 14.8. The highest BCUT2D eigenvalue weighted by molar-refractivity contribution is 6.76. The molecule has 0 N–H and O–H groups in total. The Morgan fingerprint density at radius 1 is 0.750 bits per heavy atom. The van der Waals surface area contributed by atoms with E-state index in [1.165, 1.54) is 26.2 Å². The van der Waals surface area contributed by atoms with Crippen LogP contribution in [0.1, 0.15) is 34.6 Å². The second kappa shape index (κ2) is 8.45. The molecule has 0 aliphatic heterocycles. The molecule has 2 atom stereocenters. The molecular weight excluding hydrogens is 228 g/mol. The van der Waals surface area contributed by atoms with E-state index in [1.807, 2.05) is 0 Å². The van der Waals surface area contributed by atoms with Crippen molar-refractivity contribution in [3.8, 4) is 0 Å². The van der Waals surface area contributed by atoms with Gasteiger partial charge in [-0.25, -0.2) is 0 Å². The van der Waals surface area contributed by atoms with E-state index in [2.05, 4.69) is 56.8 Å². The minimum atomic E-state index is -0.700. The standard InChI is InChI=1S/C12H32N2Si2/c1-8-13(9-2)15(6)12(5)16(7)14(10-3)11-4/h12,15-16H,8-11H2,1-7H3. The Morgan fingerprint density at radius 3 is 1.19 bits per heavy atom. The summed E-state index contributed by atoms with van der Waals surface area (Å²) in [5.74, 6) is 0. The van der Waals surface area contributed by atoms with E-state index in [4.69, 9.17) is 0 Å². The summed E-state index contributed by atoms with van der Waals surface area (Å²) >= 11 is 0. The minimum Gasteiger partial charge on any atom is -0.327 e. The van der Waals surface area contributed by atoms with Gasteiger partial charge in [0.1, 0.15) is 17.9 Å². The Bertz CT molecular complexity index is 152. The van der Waals surface area contributed by atoms with Crippen molar-refractivity contribution in [1.82, 2.24) is 9.13 Å². The average Bonchev–Trinajstić information content (AvgIpc) is 2.30. The first-order valence-corrected chi connectivity index (χ1v) is 11.7. The maximum atomic E-state index is 2.73. The number of nitrogens with zero attached hydrogens (tertiary/aromatic N) is 2. The third-order valence-corrected chi connectivity index (χ3v) is 14.4. The topological polar surface area (TPSA) is 6.48 Å². The molecule has 0 radical (unpaired) electrons. The molecule has 0 rings (SSSR count). The predicted octanol–water partition coefficient (Wildman–Crippen LogP) is 2.31. The molecule has 0 bridgehead atoms. The van der Waals surface area contributed by atoms with Gasteiger partial charge < -0.3 is 9.13 Å². The van der Waals surface area contributed by atoms with Gasteiger partial charge in [-0.15, -0.1) is 0 Å². The van der Waals surface area contributed by atoms with Crippen LogP contribution in [0.5, 0.6) is 0 Å². The SMILES string of the molecule is CCN(CC)[SiH](C)C(C)[SiH](C)N(CC)CC. The average molecular weight is 261 g/mol. The smallest absolute Gasteiger partial charge is 0.110 e. The zero-order valence-electron chi connectivity index (χ0n) is 12.5. The monoisotopic (exact) mass is 260 g/mol. The lowest BCUT2D eigenvalue weighted by Gasteiger charge is -2.37. The first kappa shape index (κ1) is 16.4. The van der Waals surface area contributed by atoms with Crippen molar-refractivity contribution in [3.63, 3.8) is 0 Å². The quantitative estimate of drug-likeness (QED) is 0.618. The highest BCUT2D eigenvalue weighted by Gasteiger charge is 2.28. The van der Waals surface area contributed by atoms with Crippen LogP contribution in [0.15, 0.2) is 0 Å². The van der Waals surface area contributed by atoms with Crippen molar-refractivity contribution in [3.05, 3.63) is 0 Å². The maximum Gasteiger partial charge on any atom is 0.110 e. The predicted molar refractivity (Wildman–Crippen MR) is 81.3 cm³/mol. The third kappa shape index (κ3) is 4.32. The van der Waals surface area contributed by atoms with E-state index >= 15 is 0 Å². The summed E-state index contributed by atoms with van der Waals surface area (Å²) in [6.07, 6.45) is 0. The summed E-state index contributed by atoms with van der Waals surface area (Å²) in [7, 11) is -1.40. The van der Waals surface area contributed by atoms with Gasteiger partial charge in [0.2, 0.25) is 0 Å². The molecule has 0 fully saturated rings. The van der Waals surface area contributed by atoms with Gasteiger partial charge in [-0.2, -0.15) is 0 Å². The summed E-state index contributed by atoms with van der Waals surface area (Å²) in [5, 5.41) is 1.000. The van der Waals surface area contributed by atoms with Crippen molar-refractivity contribution in [1.29, 1.82) is 0 Å². The summed E-state index contributed by atoms with van der Waals surface area (Å²) in [6, 6.07) is 0. The van der Waals surface area contributed by atoms with Crippen LogP contribution in [0.25, 0.3) is 0 Å². The van der Waals surface area contributed by atoms with Crippen LogP contribution in [-0.2, 0) is 0 Å². The first-order valence-electron chi connectivity index (χ1n) is 7.01. The van der Waals surface area contributed by atoms with Gasteiger partial charge in [0, 0.05) is 0 Å². The lowest BCUT2D eigenvalue weighted by molar-refractivity contribution is 0.461. The first-order chi connectivity index (χ1) is 7.53. The summed E-state index contributed by atoms with van der Waals surface area (Å²) in [6.45, 7) is 21.8. The zero-order chi connectivity index (χ0) is 12.7. The molecule has 2 unspecified atom stereocenters. The molecule has 2 nitrogen and oxygen atoms in total. The Morgan fingerprint density at radius 2 is 1.00 bits per heavy atom. The minimum absolute atomic E-state index is 0.700. The molecule has 0 saturated carbocycles. The molecule has 16 heavy (non-hydrogen) atoms. The molecule has 0 amide bonds. The van der Waals surface area contributed by atoms with E-state index < -0.39 is 17.9 Å². The number of rotatable bonds is 8. The van der Waals surface area contributed by atoms with Crippen molar-refractivity contribution in [2.75, 3.05) is 26.2 Å². The molecule has 0 heterocycles. The third-order valence-electron chi connectivity index (χ3n) is 4.30. The fraction of sp³-hybridized carbons (Fsp3) is 1.00. The van der Waals surface area contributed by atoms with Gasteiger partial charge in [-0.1, -0.05) is 47.7 Å². The molecule has 0 aromatic rings. The highest BCUT2D eigenvalue weighted by Crippen LogP contribution is 2.19. The van der Waals surface area contributed by atoms with Gasteiger partial charge in [0.05, 0.1) is 0 Å². The van der Waals surface area contributed by atoms with E-state index in [1.54, 1.807) is 0 Å². The normalized spacial score (nSPS) is 17.8. The highest BCUT2D eigenvalue weighted by atomic mass is 28.3. The Balaban J connectivity index is 4.45. The van der Waals surface area contributed by atoms with Crippen molar-refractivity contribution < 1.29 is 0 Å². The molecule has 0 aliphatic carbocycles. The van der Waals surface area contributed by atoms with Crippen LogP contribution < -0.4 is 0 Å². The fourth-order valence-corrected chi connectivity index (χ4v) is 11.0. The fourth-order valence-electron chi connectivity index (χ4n) is 2.67. The second-order valence-electron chi connectivity index (χ2n) is 4.78. The molecule has 0 saturated heterocycles. The molecular formula is C12H32N2Si2. The van der Waals surface area contributed by atoms with Crippen LogP contribution in [0.3, 0.4) is 0 Å². The summed E-state index contributed by atoms with van der Waals surface area (Å²) < 4.78 is 5.47. The molecule has 98 valence electrons. The van der Waals surface area contributed by atoms with Gasteiger partial charge in [0.25, 0.3) is 0 Å². The lowest BCUT2D eigenvalue weighted by Crippen LogP contribution is -2.49. The largest absolute Gasteiger partial charge is 0.327 e. The Labute approximate surface area is 106 Å². The van der Waals surface area contributed by atoms with Crippen LogP contribution in [0, 0.1) is 0 Å². The van der Waals surface area contributed by atoms with Gasteiger partial charge in [-0.05, 0) is 31.3 Å². The van der Waals surface area contributed by atoms with E-state index in [-0.39, 0.29) is 0 Å². The van der Waals surface area contributed by atoms with Crippen LogP contribution in [0.2, 0.25) is 18.3 Å². The van der Waals surface area contributed by atoms with Crippen molar-refractivity contribution in [2.45, 2.75) is 52.9 Å². The Kier molecular flexibility index (Phi) is 8.63. The van der Waals surface area contributed by atoms with Crippen molar-refractivity contribution in [2.24, 2.45) is 0 Å². The van der Waals surface area contributed by atoms with E-state index in [0.29, 0.717) is 0 Å². The van der Waals surface area contributed by atoms with Crippen molar-refractivity contribution >= 4 is 17.9 Å². The van der Waals surface area contributed by atoms with Gasteiger partial charge in [-0.3, -0.25) is 0 Å². The summed E-state index contributed by atoms with van der Waals surface area (Å²) in [5.41, 5.74) is 0. The second-order valence-corrected chi connectivity index (χ2v) is 12.1. The lowest BCUT2D eigenvalue weighted by atomic mass is 10.7. The molecule has 0 spiro atoms. The van der Waals surface area contributed by atoms with E-state index in [0.717, 1.165) is 5.16 Å². The van der Waals surface area contributed by atoms with Gasteiger partial charge in [0.15, 0.2) is 0 Å². The molecule has 0 aromatic carbocycles. The van der Waals surface area contributed by atoms with Crippen LogP contribution in [-0.4, -0.2) is 53.2 Å². The molecule has 0 aromatic heterocycles. The van der Waals surface area contributed by atoms with E-state index in [9.17, 15) is 0 Å². The van der Waals surface area contributed by atoms with Gasteiger partial charge >= 0.3 is 0 Å². The number of hydrogen-bond acceptors (Lipinski definition) is 2. The number of hydrogen-bond donors (Lipinski definition) is 0.